The van der Waals surface area contributed by atoms with E-state index in [2.05, 4.69) is 37.8 Å². The van der Waals surface area contributed by atoms with Crippen LogP contribution in [-0.2, 0) is 20.0 Å². The Bertz CT molecular complexity index is 902. The highest BCUT2D eigenvalue weighted by Gasteiger charge is 2.38. The van der Waals surface area contributed by atoms with Gasteiger partial charge < -0.3 is 9.47 Å². The van der Waals surface area contributed by atoms with E-state index >= 15 is 0 Å². The van der Waals surface area contributed by atoms with Crippen LogP contribution in [0.5, 0.6) is 5.75 Å². The maximum Gasteiger partial charge on any atom is 0.311 e. The van der Waals surface area contributed by atoms with Crippen LogP contribution in [0.2, 0.25) is 0 Å². The molecule has 0 radical (unpaired) electrons. The van der Waals surface area contributed by atoms with Gasteiger partial charge in [-0.25, -0.2) is 0 Å². The Morgan fingerprint density at radius 2 is 1.97 bits per heavy atom. The molecule has 2 heterocycles. The number of carbonyl (C=O) groups is 1. The van der Waals surface area contributed by atoms with Crippen molar-refractivity contribution in [2.75, 3.05) is 24.7 Å². The van der Waals surface area contributed by atoms with E-state index in [1.54, 1.807) is 11.3 Å². The summed E-state index contributed by atoms with van der Waals surface area (Å²) in [7, 11) is 0. The van der Waals surface area contributed by atoms with Gasteiger partial charge in [0.15, 0.2) is 0 Å². The van der Waals surface area contributed by atoms with Crippen molar-refractivity contribution >= 4 is 40.8 Å². The molecule has 6 heteroatoms. The van der Waals surface area contributed by atoms with Gasteiger partial charge in [-0.05, 0) is 48.8 Å². The molecule has 0 fully saturated rings. The zero-order valence-electron chi connectivity index (χ0n) is 17.1. The van der Waals surface area contributed by atoms with Crippen molar-refractivity contribution in [3.05, 3.63) is 51.2 Å². The fourth-order valence-electron chi connectivity index (χ4n) is 3.30. The molecule has 1 aliphatic heterocycles. The summed E-state index contributed by atoms with van der Waals surface area (Å²) in [6.45, 7) is 7.42. The number of rotatable bonds is 7. The third-order valence-corrected chi connectivity index (χ3v) is 8.52. The lowest BCUT2D eigenvalue weighted by Crippen LogP contribution is -2.27. The number of benzene rings is 1. The average molecular weight is 447 g/mol. The zero-order chi connectivity index (χ0) is 20.7. The number of esters is 1. The molecular formula is C23H26O3S3. The summed E-state index contributed by atoms with van der Waals surface area (Å²) in [6.07, 6.45) is 1.32. The van der Waals surface area contributed by atoms with Crippen LogP contribution < -0.4 is 4.74 Å². The fourth-order valence-corrected chi connectivity index (χ4v) is 7.20. The van der Waals surface area contributed by atoms with Crippen molar-refractivity contribution in [2.24, 2.45) is 0 Å². The van der Waals surface area contributed by atoms with Gasteiger partial charge in [0, 0.05) is 22.4 Å². The number of hydrogen-bond donors (Lipinski definition) is 0. The van der Waals surface area contributed by atoms with Crippen molar-refractivity contribution < 1.29 is 14.3 Å². The van der Waals surface area contributed by atoms with Gasteiger partial charge in [-0.1, -0.05) is 25.7 Å². The molecule has 0 saturated carbocycles. The van der Waals surface area contributed by atoms with Crippen molar-refractivity contribution in [3.8, 4) is 17.6 Å². The summed E-state index contributed by atoms with van der Waals surface area (Å²) in [5.41, 5.74) is 2.25. The van der Waals surface area contributed by atoms with E-state index in [1.165, 1.54) is 5.56 Å². The first-order valence-electron chi connectivity index (χ1n) is 9.91. The van der Waals surface area contributed by atoms with Gasteiger partial charge in [0.25, 0.3) is 0 Å². The Kier molecular flexibility index (Phi) is 7.99. The smallest absolute Gasteiger partial charge is 0.311 e. The number of thiophene rings is 1. The minimum atomic E-state index is -0.193. The highest BCUT2D eigenvalue weighted by molar-refractivity contribution is 8.17. The number of thioether (sulfide) groups is 2. The van der Waals surface area contributed by atoms with Gasteiger partial charge in [-0.15, -0.1) is 34.9 Å². The summed E-state index contributed by atoms with van der Waals surface area (Å²) in [6, 6.07) is 10.2. The Morgan fingerprint density at radius 1 is 1.17 bits per heavy atom. The summed E-state index contributed by atoms with van der Waals surface area (Å²) in [5.74, 6) is 9.47. The van der Waals surface area contributed by atoms with Gasteiger partial charge in [-0.2, -0.15) is 0 Å². The van der Waals surface area contributed by atoms with Gasteiger partial charge in [0.05, 0.1) is 28.6 Å². The molecule has 1 aliphatic rings. The number of carbonyl (C=O) groups excluding carboxylic acids is 1. The van der Waals surface area contributed by atoms with Crippen molar-refractivity contribution in [3.63, 3.8) is 0 Å². The van der Waals surface area contributed by atoms with Crippen LogP contribution in [0, 0.1) is 11.8 Å². The first kappa shape index (κ1) is 22.1. The predicted octanol–water partition coefficient (Wildman–Crippen LogP) is 5.70. The Hall–Kier alpha value is -1.55. The number of fused-ring (bicyclic) bond motifs is 1. The average Bonchev–Trinajstić information content (AvgIpc) is 3.14. The van der Waals surface area contributed by atoms with Crippen molar-refractivity contribution in [2.45, 2.75) is 37.7 Å². The molecule has 1 aromatic carbocycles. The SMILES string of the molecule is CCOC(=O)Cc1ccc(C#Cc2ccc3c(c2)C(SCC)(SCC)CCO3)s1. The van der Waals surface area contributed by atoms with Gasteiger partial charge >= 0.3 is 5.97 Å². The predicted molar refractivity (Wildman–Crippen MR) is 125 cm³/mol. The van der Waals surface area contributed by atoms with Gasteiger partial charge in [0.1, 0.15) is 5.75 Å². The molecule has 0 N–H and O–H groups in total. The minimum absolute atomic E-state index is 0.0461. The van der Waals surface area contributed by atoms with E-state index in [9.17, 15) is 4.79 Å². The molecular weight excluding hydrogens is 420 g/mol. The van der Waals surface area contributed by atoms with E-state index in [-0.39, 0.29) is 10.0 Å². The maximum absolute atomic E-state index is 11.6. The largest absolute Gasteiger partial charge is 0.493 e. The molecule has 154 valence electrons. The second-order valence-corrected chi connectivity index (χ2v) is 11.0. The van der Waals surface area contributed by atoms with Crippen molar-refractivity contribution in [1.82, 2.24) is 0 Å². The lowest BCUT2D eigenvalue weighted by molar-refractivity contribution is -0.142. The molecule has 1 aromatic heterocycles. The number of hydrogen-bond acceptors (Lipinski definition) is 6. The summed E-state index contributed by atoms with van der Waals surface area (Å²) < 4.78 is 11.0. The van der Waals surface area contributed by atoms with Gasteiger partial charge in [0.2, 0.25) is 0 Å². The van der Waals surface area contributed by atoms with Crippen LogP contribution in [0.3, 0.4) is 0 Å². The van der Waals surface area contributed by atoms with Crippen molar-refractivity contribution in [1.29, 1.82) is 0 Å². The summed E-state index contributed by atoms with van der Waals surface area (Å²) in [4.78, 5) is 13.6. The zero-order valence-corrected chi connectivity index (χ0v) is 19.5. The summed E-state index contributed by atoms with van der Waals surface area (Å²) in [5, 5.41) is 0. The lowest BCUT2D eigenvalue weighted by atomic mass is 10.0. The van der Waals surface area contributed by atoms with Crippen LogP contribution >= 0.6 is 34.9 Å². The first-order chi connectivity index (χ1) is 14.1. The standard InChI is InChI=1S/C23H26O3S3/c1-4-25-22(24)16-19-11-10-18(29-19)9-7-17-8-12-21-20(15-17)23(27-5-2,28-6-3)13-14-26-21/h8,10-12,15H,4-6,13-14,16H2,1-3H3. The molecule has 3 nitrogen and oxygen atoms in total. The quantitative estimate of drug-likeness (QED) is 0.310. The lowest BCUT2D eigenvalue weighted by Gasteiger charge is -2.37. The summed E-state index contributed by atoms with van der Waals surface area (Å²) >= 11 is 5.54. The van der Waals surface area contributed by atoms with Crippen LogP contribution in [0.15, 0.2) is 30.3 Å². The number of ether oxygens (including phenoxy) is 2. The normalized spacial score (nSPS) is 14.3. The molecule has 0 amide bonds. The monoisotopic (exact) mass is 446 g/mol. The first-order valence-corrected chi connectivity index (χ1v) is 12.7. The van der Waals surface area contributed by atoms with E-state index in [1.807, 2.05) is 48.6 Å². The van der Waals surface area contributed by atoms with Gasteiger partial charge in [-0.3, -0.25) is 4.79 Å². The van der Waals surface area contributed by atoms with E-state index < -0.39 is 0 Å². The molecule has 0 spiro atoms. The molecule has 0 atom stereocenters. The molecule has 3 rings (SSSR count). The fraction of sp³-hybridized carbons (Fsp3) is 0.435. The third kappa shape index (κ3) is 5.53. The maximum atomic E-state index is 11.6. The highest BCUT2D eigenvalue weighted by atomic mass is 32.2. The molecule has 0 aliphatic carbocycles. The van der Waals surface area contributed by atoms with E-state index in [0.717, 1.165) is 45.6 Å². The Labute approximate surface area is 186 Å². The van der Waals surface area contributed by atoms with Crippen LogP contribution in [0.4, 0.5) is 0 Å². The topological polar surface area (TPSA) is 35.5 Å². The van der Waals surface area contributed by atoms with Crippen LogP contribution in [0.1, 0.15) is 48.1 Å². The second-order valence-electron chi connectivity index (χ2n) is 6.43. The van der Waals surface area contributed by atoms with E-state index in [0.29, 0.717) is 13.0 Å². The molecule has 2 aromatic rings. The van der Waals surface area contributed by atoms with E-state index in [4.69, 9.17) is 9.47 Å². The molecule has 0 bridgehead atoms. The van der Waals surface area contributed by atoms with Crippen LogP contribution in [-0.4, -0.2) is 30.7 Å². The molecule has 0 unspecified atom stereocenters. The Balaban J connectivity index is 1.82. The third-order valence-electron chi connectivity index (χ3n) is 4.45. The highest BCUT2D eigenvalue weighted by Crippen LogP contribution is 2.54. The van der Waals surface area contributed by atoms with Crippen LogP contribution in [0.25, 0.3) is 0 Å². The molecule has 29 heavy (non-hydrogen) atoms. The molecule has 0 saturated heterocycles. The Morgan fingerprint density at radius 3 is 2.69 bits per heavy atom. The second kappa shape index (κ2) is 10.5. The minimum Gasteiger partial charge on any atom is -0.493 e.